The predicted molar refractivity (Wildman–Crippen MR) is 155 cm³/mol. The number of barbiturate groups is 1. The molecular weight excluding hydrogens is 600 g/mol. The smallest absolute Gasteiger partial charge is 0.331 e. The van der Waals surface area contributed by atoms with Crippen LogP contribution in [-0.2, 0) is 22.7 Å². The predicted octanol–water partition coefficient (Wildman–Crippen LogP) is 6.53. The lowest BCUT2D eigenvalue weighted by atomic mass is 10.1. The second-order valence-corrected chi connectivity index (χ2v) is 10.2. The highest BCUT2D eigenvalue weighted by molar-refractivity contribution is 9.10. The van der Waals surface area contributed by atoms with Crippen LogP contribution in [0.4, 0.5) is 4.79 Å². The Kier molecular flexibility index (Phi) is 9.84. The maximum Gasteiger partial charge on any atom is 0.331 e. The number of ether oxygens (including phenoxy) is 3. The number of carbonyl (C=O) groups is 3. The normalized spacial score (nSPS) is 14.3. The third kappa shape index (κ3) is 7.22. The fourth-order valence-electron chi connectivity index (χ4n) is 3.98. The van der Waals surface area contributed by atoms with Gasteiger partial charge in [-0.25, -0.2) is 4.79 Å². The molecule has 1 aliphatic heterocycles. The number of urea groups is 1. The maximum absolute atomic E-state index is 13.4. The minimum absolute atomic E-state index is 0.0694. The van der Waals surface area contributed by atoms with Gasteiger partial charge in [0.05, 0.1) is 19.8 Å². The van der Waals surface area contributed by atoms with E-state index < -0.39 is 17.8 Å². The van der Waals surface area contributed by atoms with Gasteiger partial charge in [-0.05, 0) is 73.0 Å². The molecule has 0 unspecified atom stereocenters. The van der Waals surface area contributed by atoms with E-state index in [2.05, 4.69) is 21.2 Å². The molecule has 1 N–H and O–H groups in total. The molecule has 40 heavy (non-hydrogen) atoms. The fourth-order valence-corrected chi connectivity index (χ4v) is 4.57. The second-order valence-electron chi connectivity index (χ2n) is 8.87. The fraction of sp³-hybridized carbons (Fsp3) is 0.233. The minimum Gasteiger partial charge on any atom is -0.490 e. The molecule has 0 aliphatic carbocycles. The quantitative estimate of drug-likeness (QED) is 0.192. The first kappa shape index (κ1) is 29.2. The van der Waals surface area contributed by atoms with Crippen molar-refractivity contribution < 1.29 is 28.6 Å². The minimum atomic E-state index is -0.803. The molecule has 4 rings (SSSR count). The molecule has 4 amide bonds. The highest BCUT2D eigenvalue weighted by atomic mass is 79.9. The molecule has 1 aliphatic rings. The molecule has 208 valence electrons. The van der Waals surface area contributed by atoms with Gasteiger partial charge in [-0.15, -0.1) is 0 Å². The number of nitrogens with zero attached hydrogens (tertiary/aromatic N) is 1. The van der Waals surface area contributed by atoms with Crippen LogP contribution in [0.3, 0.4) is 0 Å². The van der Waals surface area contributed by atoms with Gasteiger partial charge in [0.2, 0.25) is 0 Å². The lowest BCUT2D eigenvalue weighted by Crippen LogP contribution is -2.53. The monoisotopic (exact) mass is 626 g/mol. The number of hydrogen-bond donors (Lipinski definition) is 1. The van der Waals surface area contributed by atoms with Crippen molar-refractivity contribution in [2.24, 2.45) is 0 Å². The maximum atomic E-state index is 13.4. The van der Waals surface area contributed by atoms with Gasteiger partial charge in [-0.1, -0.05) is 52.7 Å². The summed E-state index contributed by atoms with van der Waals surface area (Å²) in [7, 11) is 0. The Labute approximate surface area is 246 Å². The lowest BCUT2D eigenvalue weighted by molar-refractivity contribution is -0.130. The number of benzene rings is 3. The number of halogens is 2. The van der Waals surface area contributed by atoms with Gasteiger partial charge in [0.15, 0.2) is 11.5 Å². The zero-order valence-electron chi connectivity index (χ0n) is 22.0. The van der Waals surface area contributed by atoms with E-state index in [-0.39, 0.29) is 18.7 Å². The van der Waals surface area contributed by atoms with Crippen molar-refractivity contribution in [1.29, 1.82) is 0 Å². The molecule has 3 aromatic carbocycles. The summed E-state index contributed by atoms with van der Waals surface area (Å²) in [6.45, 7) is 4.97. The third-order valence-corrected chi connectivity index (χ3v) is 6.58. The van der Waals surface area contributed by atoms with Crippen LogP contribution < -0.4 is 19.5 Å². The first-order chi connectivity index (χ1) is 19.3. The molecule has 0 spiro atoms. The Bertz CT molecular complexity index is 1460. The molecule has 0 atom stereocenters. The Morgan fingerprint density at radius 1 is 0.900 bits per heavy atom. The lowest BCUT2D eigenvalue weighted by Gasteiger charge is -2.27. The van der Waals surface area contributed by atoms with Gasteiger partial charge in [-0.3, -0.25) is 19.8 Å². The number of nitrogens with one attached hydrogen (secondary N) is 1. The molecule has 0 saturated carbocycles. The zero-order chi connectivity index (χ0) is 28.6. The number of carbonyl (C=O) groups excluding carboxylic acids is 3. The van der Waals surface area contributed by atoms with Crippen LogP contribution in [0.15, 0.2) is 70.7 Å². The van der Waals surface area contributed by atoms with Crippen LogP contribution in [0, 0.1) is 0 Å². The molecule has 1 fully saturated rings. The molecule has 0 bridgehead atoms. The summed E-state index contributed by atoms with van der Waals surface area (Å²) in [5.74, 6) is 0.0336. The average molecular weight is 628 g/mol. The van der Waals surface area contributed by atoms with Crippen molar-refractivity contribution in [1.82, 2.24) is 10.2 Å². The first-order valence-corrected chi connectivity index (χ1v) is 13.9. The van der Waals surface area contributed by atoms with E-state index in [9.17, 15) is 14.4 Å². The largest absolute Gasteiger partial charge is 0.490 e. The molecule has 1 saturated heterocycles. The van der Waals surface area contributed by atoms with Crippen LogP contribution in [0.2, 0.25) is 5.02 Å². The first-order valence-electron chi connectivity index (χ1n) is 12.7. The summed E-state index contributed by atoms with van der Waals surface area (Å²) in [5, 5.41) is 2.85. The van der Waals surface area contributed by atoms with E-state index in [1.807, 2.05) is 26.0 Å². The van der Waals surface area contributed by atoms with Crippen molar-refractivity contribution in [3.05, 3.63) is 92.4 Å². The van der Waals surface area contributed by atoms with Crippen molar-refractivity contribution in [2.75, 3.05) is 13.2 Å². The van der Waals surface area contributed by atoms with E-state index in [4.69, 9.17) is 25.8 Å². The number of rotatable bonds is 11. The highest BCUT2D eigenvalue weighted by Gasteiger charge is 2.36. The van der Waals surface area contributed by atoms with Crippen LogP contribution in [-0.4, -0.2) is 36.0 Å². The topological polar surface area (TPSA) is 94.2 Å². The van der Waals surface area contributed by atoms with Gasteiger partial charge in [0.1, 0.15) is 17.9 Å². The van der Waals surface area contributed by atoms with E-state index in [0.29, 0.717) is 46.6 Å². The van der Waals surface area contributed by atoms with Crippen LogP contribution in [0.1, 0.15) is 37.0 Å². The highest BCUT2D eigenvalue weighted by Crippen LogP contribution is 2.31. The summed E-state index contributed by atoms with van der Waals surface area (Å²) in [6.07, 6.45) is 2.26. The summed E-state index contributed by atoms with van der Waals surface area (Å²) < 4.78 is 18.2. The van der Waals surface area contributed by atoms with E-state index >= 15 is 0 Å². The van der Waals surface area contributed by atoms with Gasteiger partial charge < -0.3 is 14.2 Å². The van der Waals surface area contributed by atoms with Gasteiger partial charge >= 0.3 is 6.03 Å². The Morgan fingerprint density at radius 3 is 2.45 bits per heavy atom. The van der Waals surface area contributed by atoms with E-state index in [0.717, 1.165) is 21.4 Å². The molecule has 3 aromatic rings. The SMILES string of the molecule is CCCOc1ccc(CN2C(=O)NC(=O)/C(=C\c3cc(Br)ccc3OCc3cccc(Cl)c3)C2=O)cc1OCC. The van der Waals surface area contributed by atoms with Crippen LogP contribution in [0.25, 0.3) is 6.08 Å². The zero-order valence-corrected chi connectivity index (χ0v) is 24.4. The molecule has 10 heteroatoms. The Balaban J connectivity index is 1.59. The van der Waals surface area contributed by atoms with E-state index in [1.165, 1.54) is 6.08 Å². The molecule has 1 heterocycles. The summed E-state index contributed by atoms with van der Waals surface area (Å²) in [5.41, 5.74) is 1.78. The van der Waals surface area contributed by atoms with Crippen molar-refractivity contribution >= 4 is 51.5 Å². The van der Waals surface area contributed by atoms with Gasteiger partial charge in [-0.2, -0.15) is 0 Å². The van der Waals surface area contributed by atoms with Crippen molar-refractivity contribution in [3.63, 3.8) is 0 Å². The Morgan fingerprint density at radius 2 is 1.70 bits per heavy atom. The number of amides is 4. The molecular formula is C30H28BrClN2O6. The van der Waals surface area contributed by atoms with E-state index in [1.54, 1.807) is 48.5 Å². The van der Waals surface area contributed by atoms with Crippen molar-refractivity contribution in [3.8, 4) is 17.2 Å². The number of hydrogen-bond acceptors (Lipinski definition) is 6. The van der Waals surface area contributed by atoms with Crippen LogP contribution in [0.5, 0.6) is 17.2 Å². The summed E-state index contributed by atoms with van der Waals surface area (Å²) in [4.78, 5) is 39.9. The van der Waals surface area contributed by atoms with Crippen molar-refractivity contribution in [2.45, 2.75) is 33.4 Å². The third-order valence-electron chi connectivity index (χ3n) is 5.85. The molecule has 0 radical (unpaired) electrons. The number of imide groups is 2. The van der Waals surface area contributed by atoms with Gasteiger partial charge in [0.25, 0.3) is 11.8 Å². The van der Waals surface area contributed by atoms with Gasteiger partial charge in [0, 0.05) is 15.1 Å². The molecule has 0 aromatic heterocycles. The standard InChI is InChI=1S/C30H28BrClN2O6/c1-3-12-39-26-10-8-19(14-27(26)38-4-2)17-34-29(36)24(28(35)33-30(34)37)16-21-15-22(31)9-11-25(21)40-18-20-6-5-7-23(32)13-20/h5-11,13-16H,3-4,12,17-18H2,1-2H3,(H,33,35,37)/b24-16+. The summed E-state index contributed by atoms with van der Waals surface area (Å²) in [6, 6.07) is 16.9. The summed E-state index contributed by atoms with van der Waals surface area (Å²) >= 11 is 9.51. The second kappa shape index (κ2) is 13.5. The Hall–Kier alpha value is -3.82. The average Bonchev–Trinajstić information content (AvgIpc) is 2.92. The molecule has 8 nitrogen and oxygen atoms in total. The van der Waals surface area contributed by atoms with Crippen LogP contribution >= 0.6 is 27.5 Å².